The van der Waals surface area contributed by atoms with Gasteiger partial charge in [0.25, 0.3) is 0 Å². The fraction of sp³-hybridized carbons (Fsp3) is 0.412. The smallest absolute Gasteiger partial charge is 0.135 e. The summed E-state index contributed by atoms with van der Waals surface area (Å²) in [6.07, 6.45) is 6.39. The van der Waals surface area contributed by atoms with Crippen molar-refractivity contribution in [2.45, 2.75) is 44.2 Å². The van der Waals surface area contributed by atoms with Crippen LogP contribution in [0.2, 0.25) is 0 Å². The highest BCUT2D eigenvalue weighted by Crippen LogP contribution is 2.21. The Balaban J connectivity index is 1.68. The molecule has 110 valence electrons. The lowest BCUT2D eigenvalue weighted by atomic mass is 9.93. The van der Waals surface area contributed by atoms with Gasteiger partial charge in [-0.2, -0.15) is 0 Å². The first-order valence-corrected chi connectivity index (χ1v) is 7.62. The number of anilines is 1. The molecule has 4 nitrogen and oxygen atoms in total. The van der Waals surface area contributed by atoms with Crippen LogP contribution in [-0.2, 0) is 6.42 Å². The highest BCUT2D eigenvalue weighted by molar-refractivity contribution is 5.35. The molecule has 0 aliphatic heterocycles. The van der Waals surface area contributed by atoms with Gasteiger partial charge >= 0.3 is 0 Å². The van der Waals surface area contributed by atoms with Crippen LogP contribution >= 0.6 is 0 Å². The molecule has 1 saturated carbocycles. The molecule has 1 aromatic carbocycles. The summed E-state index contributed by atoms with van der Waals surface area (Å²) in [6, 6.07) is 12.2. The van der Waals surface area contributed by atoms with Crippen LogP contribution in [-0.4, -0.2) is 27.2 Å². The lowest BCUT2D eigenvalue weighted by molar-refractivity contribution is 0.116. The minimum Gasteiger partial charge on any atom is -0.391 e. The zero-order valence-corrected chi connectivity index (χ0v) is 12.1. The molecular formula is C17H21N3O. The average molecular weight is 283 g/mol. The van der Waals surface area contributed by atoms with E-state index in [-0.39, 0.29) is 12.1 Å². The van der Waals surface area contributed by atoms with Crippen LogP contribution < -0.4 is 5.32 Å². The van der Waals surface area contributed by atoms with Gasteiger partial charge in [0, 0.05) is 12.6 Å². The van der Waals surface area contributed by atoms with Gasteiger partial charge < -0.3 is 10.4 Å². The molecule has 1 aromatic heterocycles. The van der Waals surface area contributed by atoms with Crippen LogP contribution in [0.3, 0.4) is 0 Å². The molecular weight excluding hydrogens is 262 g/mol. The van der Waals surface area contributed by atoms with Crippen molar-refractivity contribution in [3.63, 3.8) is 0 Å². The maximum absolute atomic E-state index is 10.0. The van der Waals surface area contributed by atoms with Gasteiger partial charge in [-0.1, -0.05) is 43.2 Å². The summed E-state index contributed by atoms with van der Waals surface area (Å²) in [5, 5.41) is 13.4. The number of aliphatic hydroxyl groups is 1. The van der Waals surface area contributed by atoms with E-state index in [1.54, 1.807) is 6.20 Å². The molecule has 0 amide bonds. The number of nitrogens with zero attached hydrogens (tertiary/aromatic N) is 2. The predicted molar refractivity (Wildman–Crippen MR) is 83.2 cm³/mol. The summed E-state index contributed by atoms with van der Waals surface area (Å²) in [6.45, 7) is 0. The van der Waals surface area contributed by atoms with Crippen LogP contribution in [0.25, 0.3) is 0 Å². The molecule has 1 aliphatic rings. The Morgan fingerprint density at radius 2 is 1.90 bits per heavy atom. The SMILES string of the molecule is O[C@H]1CCCC[C@@H]1Nc1ccnc(Cc2ccccc2)n1. The molecule has 0 unspecified atom stereocenters. The third kappa shape index (κ3) is 3.79. The Bertz CT molecular complexity index is 573. The maximum atomic E-state index is 10.0. The van der Waals surface area contributed by atoms with Gasteiger partial charge in [0.1, 0.15) is 11.6 Å². The molecule has 0 saturated heterocycles. The van der Waals surface area contributed by atoms with Crippen LogP contribution in [0.5, 0.6) is 0 Å². The van der Waals surface area contributed by atoms with E-state index < -0.39 is 0 Å². The molecule has 0 spiro atoms. The van der Waals surface area contributed by atoms with Gasteiger partial charge in [-0.25, -0.2) is 9.97 Å². The number of benzene rings is 1. The number of rotatable bonds is 4. The van der Waals surface area contributed by atoms with E-state index in [9.17, 15) is 5.11 Å². The zero-order chi connectivity index (χ0) is 14.5. The Kier molecular flexibility index (Phi) is 4.46. The summed E-state index contributed by atoms with van der Waals surface area (Å²) < 4.78 is 0. The molecule has 1 heterocycles. The van der Waals surface area contributed by atoms with Crippen LogP contribution in [0.4, 0.5) is 5.82 Å². The molecule has 0 radical (unpaired) electrons. The first kappa shape index (κ1) is 14.0. The topological polar surface area (TPSA) is 58.0 Å². The summed E-state index contributed by atoms with van der Waals surface area (Å²) in [5.41, 5.74) is 1.20. The minimum atomic E-state index is -0.272. The molecule has 2 aromatic rings. The number of nitrogens with one attached hydrogen (secondary N) is 1. The minimum absolute atomic E-state index is 0.109. The van der Waals surface area contributed by atoms with Crippen molar-refractivity contribution in [2.75, 3.05) is 5.32 Å². The molecule has 3 rings (SSSR count). The zero-order valence-electron chi connectivity index (χ0n) is 12.1. The van der Waals surface area contributed by atoms with Crippen LogP contribution in [0, 0.1) is 0 Å². The molecule has 21 heavy (non-hydrogen) atoms. The van der Waals surface area contributed by atoms with Gasteiger partial charge in [-0.15, -0.1) is 0 Å². The maximum Gasteiger partial charge on any atom is 0.135 e. The van der Waals surface area contributed by atoms with Gasteiger partial charge in [-0.05, 0) is 24.5 Å². The lowest BCUT2D eigenvalue weighted by Crippen LogP contribution is -2.36. The average Bonchev–Trinajstić information content (AvgIpc) is 2.51. The van der Waals surface area contributed by atoms with E-state index in [1.807, 2.05) is 24.3 Å². The predicted octanol–water partition coefficient (Wildman–Crippen LogP) is 2.78. The normalized spacial score (nSPS) is 22.0. The van der Waals surface area contributed by atoms with E-state index in [0.717, 1.165) is 43.7 Å². The van der Waals surface area contributed by atoms with E-state index in [0.29, 0.717) is 0 Å². The number of aliphatic hydroxyl groups excluding tert-OH is 1. The highest BCUT2D eigenvalue weighted by atomic mass is 16.3. The van der Waals surface area contributed by atoms with Crippen molar-refractivity contribution in [3.05, 3.63) is 54.0 Å². The fourth-order valence-electron chi connectivity index (χ4n) is 2.81. The van der Waals surface area contributed by atoms with Crippen molar-refractivity contribution >= 4 is 5.82 Å². The second-order valence-corrected chi connectivity index (χ2v) is 5.62. The Morgan fingerprint density at radius 3 is 2.71 bits per heavy atom. The van der Waals surface area contributed by atoms with E-state index >= 15 is 0 Å². The molecule has 2 N–H and O–H groups in total. The Labute approximate surface area is 125 Å². The Morgan fingerprint density at radius 1 is 1.10 bits per heavy atom. The summed E-state index contributed by atoms with van der Waals surface area (Å²) >= 11 is 0. The van der Waals surface area contributed by atoms with Gasteiger partial charge in [0.05, 0.1) is 12.1 Å². The molecule has 1 fully saturated rings. The van der Waals surface area contributed by atoms with E-state index in [2.05, 4.69) is 27.4 Å². The second-order valence-electron chi connectivity index (χ2n) is 5.62. The van der Waals surface area contributed by atoms with Gasteiger partial charge in [0.15, 0.2) is 0 Å². The monoisotopic (exact) mass is 283 g/mol. The first-order chi connectivity index (χ1) is 10.3. The van der Waals surface area contributed by atoms with E-state index in [1.165, 1.54) is 5.56 Å². The van der Waals surface area contributed by atoms with Gasteiger partial charge in [-0.3, -0.25) is 0 Å². The third-order valence-electron chi connectivity index (χ3n) is 3.97. The number of hydrogen-bond donors (Lipinski definition) is 2. The molecule has 2 atom stereocenters. The standard InChI is InChI=1S/C17H21N3O/c21-15-9-5-4-8-14(15)19-16-10-11-18-17(20-16)12-13-6-2-1-3-7-13/h1-3,6-7,10-11,14-15,21H,4-5,8-9,12H2,(H,18,19,20)/t14-,15-/m0/s1. The van der Waals surface area contributed by atoms with Crippen LogP contribution in [0.1, 0.15) is 37.1 Å². The summed E-state index contributed by atoms with van der Waals surface area (Å²) in [5.74, 6) is 1.61. The summed E-state index contributed by atoms with van der Waals surface area (Å²) in [4.78, 5) is 8.90. The molecule has 0 bridgehead atoms. The second kappa shape index (κ2) is 6.68. The van der Waals surface area contributed by atoms with Crippen molar-refractivity contribution < 1.29 is 5.11 Å². The quantitative estimate of drug-likeness (QED) is 0.906. The lowest BCUT2D eigenvalue weighted by Gasteiger charge is -2.28. The largest absolute Gasteiger partial charge is 0.391 e. The fourth-order valence-corrected chi connectivity index (χ4v) is 2.81. The van der Waals surface area contributed by atoms with Crippen molar-refractivity contribution in [1.29, 1.82) is 0 Å². The highest BCUT2D eigenvalue weighted by Gasteiger charge is 2.23. The number of aromatic nitrogens is 2. The van der Waals surface area contributed by atoms with Crippen molar-refractivity contribution in [1.82, 2.24) is 9.97 Å². The molecule has 4 heteroatoms. The van der Waals surface area contributed by atoms with Crippen LogP contribution in [0.15, 0.2) is 42.6 Å². The van der Waals surface area contributed by atoms with E-state index in [4.69, 9.17) is 0 Å². The van der Waals surface area contributed by atoms with Crippen molar-refractivity contribution in [2.24, 2.45) is 0 Å². The number of hydrogen-bond acceptors (Lipinski definition) is 4. The Hall–Kier alpha value is -1.94. The first-order valence-electron chi connectivity index (χ1n) is 7.62. The van der Waals surface area contributed by atoms with Gasteiger partial charge in [0.2, 0.25) is 0 Å². The third-order valence-corrected chi connectivity index (χ3v) is 3.97. The van der Waals surface area contributed by atoms with Crippen molar-refractivity contribution in [3.8, 4) is 0 Å². The summed E-state index contributed by atoms with van der Waals surface area (Å²) in [7, 11) is 0. The molecule has 1 aliphatic carbocycles.